The van der Waals surface area contributed by atoms with Crippen molar-refractivity contribution >= 4 is 17.3 Å². The summed E-state index contributed by atoms with van der Waals surface area (Å²) in [7, 11) is 0. The fourth-order valence-corrected chi connectivity index (χ4v) is 5.26. The van der Waals surface area contributed by atoms with Crippen LogP contribution in [0.25, 0.3) is 5.69 Å². The summed E-state index contributed by atoms with van der Waals surface area (Å²) in [6.45, 7) is 1.38. The highest BCUT2D eigenvalue weighted by molar-refractivity contribution is 6.05. The molecule has 1 saturated carbocycles. The van der Waals surface area contributed by atoms with Gasteiger partial charge in [-0.1, -0.05) is 12.1 Å². The molecule has 13 heteroatoms. The van der Waals surface area contributed by atoms with Crippen molar-refractivity contribution in [2.75, 3.05) is 29.9 Å². The van der Waals surface area contributed by atoms with Crippen LogP contribution in [0.15, 0.2) is 67.1 Å². The first-order valence-electron chi connectivity index (χ1n) is 14.1. The summed E-state index contributed by atoms with van der Waals surface area (Å²) >= 11 is 0. The molecule has 4 aromatic rings. The largest absolute Gasteiger partial charge is 0.454 e. The number of benzene rings is 2. The van der Waals surface area contributed by atoms with Gasteiger partial charge in [0, 0.05) is 25.3 Å². The summed E-state index contributed by atoms with van der Waals surface area (Å²) in [4.78, 5) is 15.0. The van der Waals surface area contributed by atoms with Crippen molar-refractivity contribution in [3.05, 3.63) is 84.2 Å². The van der Waals surface area contributed by atoms with E-state index in [-0.39, 0.29) is 28.7 Å². The van der Waals surface area contributed by atoms with Crippen LogP contribution in [0.4, 0.5) is 28.9 Å². The second-order valence-corrected chi connectivity index (χ2v) is 10.7. The van der Waals surface area contributed by atoms with Gasteiger partial charge >= 0.3 is 6.18 Å². The molecular weight excluding hydrogens is 566 g/mol. The smallest absolute Gasteiger partial charge is 0.422 e. The van der Waals surface area contributed by atoms with Gasteiger partial charge in [-0.2, -0.15) is 28.5 Å². The van der Waals surface area contributed by atoms with Gasteiger partial charge in [0.2, 0.25) is 0 Å². The number of hydrogen-bond donors (Lipinski definition) is 2. The number of nitrogens with zero attached hydrogens (tertiary/aromatic N) is 5. The second-order valence-electron chi connectivity index (χ2n) is 10.7. The van der Waals surface area contributed by atoms with Crippen LogP contribution in [0.1, 0.15) is 41.7 Å². The normalized spacial score (nSPS) is 17.1. The minimum absolute atomic E-state index is 0.00634. The van der Waals surface area contributed by atoms with Gasteiger partial charge in [0.25, 0.3) is 5.91 Å². The first kappa shape index (κ1) is 28.6. The summed E-state index contributed by atoms with van der Waals surface area (Å²) in [6, 6.07) is 11.3. The summed E-state index contributed by atoms with van der Waals surface area (Å²) < 4.78 is 66.1. The average molecular weight is 596 g/mol. The highest BCUT2D eigenvalue weighted by Crippen LogP contribution is 2.48. The van der Waals surface area contributed by atoms with E-state index in [1.54, 1.807) is 17.2 Å². The number of aromatic nitrogens is 4. The van der Waals surface area contributed by atoms with Crippen LogP contribution >= 0.6 is 0 Å². The molecule has 224 valence electrons. The molecule has 43 heavy (non-hydrogen) atoms. The first-order valence-corrected chi connectivity index (χ1v) is 14.1. The van der Waals surface area contributed by atoms with Crippen LogP contribution in [0.5, 0.6) is 11.5 Å². The number of alkyl halides is 3. The van der Waals surface area contributed by atoms with Crippen molar-refractivity contribution in [1.29, 1.82) is 0 Å². The molecule has 1 aliphatic heterocycles. The van der Waals surface area contributed by atoms with Gasteiger partial charge in [0.15, 0.2) is 17.3 Å². The maximum absolute atomic E-state index is 14.9. The van der Waals surface area contributed by atoms with Crippen molar-refractivity contribution in [3.8, 4) is 17.2 Å². The molecule has 0 spiro atoms. The number of carbonyl (C=O) groups is 1. The SMILES string of the molecule is O=C(Nc1ccc(Oc2ccccc2F)c(C(F)(F)F)c1N1CCC[C@@H](CNC2CC2)C1)c1ccn(-c2ccnnc2)n1. The molecule has 2 aromatic carbocycles. The number of ether oxygens (including phenoxy) is 1. The number of para-hydroxylation sites is 1. The summed E-state index contributed by atoms with van der Waals surface area (Å²) in [5.41, 5.74) is -0.800. The molecule has 9 nitrogen and oxygen atoms in total. The monoisotopic (exact) mass is 595 g/mol. The molecule has 0 unspecified atom stereocenters. The van der Waals surface area contributed by atoms with E-state index in [1.165, 1.54) is 47.4 Å². The minimum Gasteiger partial charge on any atom is -0.454 e. The standard InChI is InChI=1S/C30H29F4N7O2/c31-22-5-1-2-6-25(22)43-26-10-9-23(38-29(42)24-12-15-41(39-24)21-11-13-36-37-17-21)28(27(26)30(32,33)34)40-14-3-4-19(18-40)16-35-20-7-8-20/h1-2,5-6,9-13,15,17,19-20,35H,3-4,7-8,14,16,18H2,(H,38,42)/t19-/m0/s1. The Morgan fingerprint density at radius 3 is 2.60 bits per heavy atom. The number of anilines is 2. The summed E-state index contributed by atoms with van der Waals surface area (Å²) in [6.07, 6.45) is 3.34. The van der Waals surface area contributed by atoms with Crippen LogP contribution in [0.2, 0.25) is 0 Å². The van der Waals surface area contributed by atoms with Gasteiger partial charge in [0.1, 0.15) is 11.3 Å². The molecule has 2 N–H and O–H groups in total. The Bertz CT molecular complexity index is 1590. The maximum Gasteiger partial charge on any atom is 0.422 e. The average Bonchev–Trinajstić information content (AvgIpc) is 3.70. The van der Waals surface area contributed by atoms with Gasteiger partial charge in [-0.15, -0.1) is 0 Å². The van der Waals surface area contributed by atoms with Gasteiger partial charge in [-0.05, 0) is 74.5 Å². The van der Waals surface area contributed by atoms with E-state index >= 15 is 0 Å². The Hall–Kier alpha value is -4.52. The Morgan fingerprint density at radius 2 is 1.86 bits per heavy atom. The second kappa shape index (κ2) is 12.0. The molecule has 1 aliphatic carbocycles. The van der Waals surface area contributed by atoms with Crippen molar-refractivity contribution < 1.29 is 27.1 Å². The van der Waals surface area contributed by atoms with Crippen LogP contribution < -0.4 is 20.3 Å². The van der Waals surface area contributed by atoms with E-state index in [9.17, 15) is 22.4 Å². The van der Waals surface area contributed by atoms with Crippen molar-refractivity contribution in [2.24, 2.45) is 5.92 Å². The molecule has 1 amide bonds. The third-order valence-electron chi connectivity index (χ3n) is 7.49. The van der Waals surface area contributed by atoms with Gasteiger partial charge < -0.3 is 20.3 Å². The predicted octanol–water partition coefficient (Wildman–Crippen LogP) is 5.83. The summed E-state index contributed by atoms with van der Waals surface area (Å²) in [5.74, 6) is -2.27. The number of hydrogen-bond acceptors (Lipinski definition) is 7. The highest BCUT2D eigenvalue weighted by Gasteiger charge is 2.41. The van der Waals surface area contributed by atoms with Crippen molar-refractivity contribution in [3.63, 3.8) is 0 Å². The molecule has 2 aromatic heterocycles. The number of rotatable bonds is 9. The summed E-state index contributed by atoms with van der Waals surface area (Å²) in [5, 5.41) is 17.9. The molecule has 6 rings (SSSR count). The molecule has 1 saturated heterocycles. The number of piperidine rings is 1. The van der Waals surface area contributed by atoms with Crippen LogP contribution in [-0.2, 0) is 6.18 Å². The van der Waals surface area contributed by atoms with E-state index in [2.05, 4.69) is 25.9 Å². The maximum atomic E-state index is 14.9. The topological polar surface area (TPSA) is 97.2 Å². The number of amides is 1. The van der Waals surface area contributed by atoms with Crippen molar-refractivity contribution in [2.45, 2.75) is 37.9 Å². The quantitative estimate of drug-likeness (QED) is 0.235. The number of halogens is 4. The number of carbonyl (C=O) groups excluding carboxylic acids is 1. The van der Waals surface area contributed by atoms with Crippen LogP contribution in [0, 0.1) is 11.7 Å². The molecular formula is C30H29F4N7O2. The fraction of sp³-hybridized carbons (Fsp3) is 0.333. The third kappa shape index (κ3) is 6.61. The van der Waals surface area contributed by atoms with Crippen LogP contribution in [-0.4, -0.2) is 51.6 Å². The fourth-order valence-electron chi connectivity index (χ4n) is 5.26. The predicted molar refractivity (Wildman–Crippen MR) is 151 cm³/mol. The molecule has 1 atom stereocenters. The lowest BCUT2D eigenvalue weighted by molar-refractivity contribution is -0.138. The minimum atomic E-state index is -4.88. The van der Waals surface area contributed by atoms with Gasteiger partial charge in [-0.3, -0.25) is 4.79 Å². The lowest BCUT2D eigenvalue weighted by Gasteiger charge is -2.37. The van der Waals surface area contributed by atoms with Gasteiger partial charge in [-0.25, -0.2) is 9.07 Å². The Kier molecular flexibility index (Phi) is 7.98. The highest BCUT2D eigenvalue weighted by atomic mass is 19.4. The van der Waals surface area contributed by atoms with E-state index < -0.39 is 29.2 Å². The lowest BCUT2D eigenvalue weighted by Crippen LogP contribution is -2.41. The zero-order valence-electron chi connectivity index (χ0n) is 23.0. The lowest BCUT2D eigenvalue weighted by atomic mass is 9.95. The van der Waals surface area contributed by atoms with Crippen molar-refractivity contribution in [1.82, 2.24) is 25.3 Å². The van der Waals surface area contributed by atoms with E-state index in [4.69, 9.17) is 4.74 Å². The Labute approximate surface area is 244 Å². The first-order chi connectivity index (χ1) is 20.8. The van der Waals surface area contributed by atoms with Gasteiger partial charge in [0.05, 0.1) is 29.5 Å². The van der Waals surface area contributed by atoms with E-state index in [0.717, 1.165) is 31.4 Å². The number of nitrogens with one attached hydrogen (secondary N) is 2. The van der Waals surface area contributed by atoms with E-state index in [0.29, 0.717) is 37.8 Å². The van der Waals surface area contributed by atoms with E-state index in [1.807, 2.05) is 0 Å². The molecule has 2 aliphatic rings. The molecule has 2 fully saturated rings. The third-order valence-corrected chi connectivity index (χ3v) is 7.49. The zero-order chi connectivity index (χ0) is 30.0. The Morgan fingerprint density at radius 1 is 1.02 bits per heavy atom. The zero-order valence-corrected chi connectivity index (χ0v) is 23.0. The Balaban J connectivity index is 1.37. The molecule has 0 bridgehead atoms. The van der Waals surface area contributed by atoms with Crippen LogP contribution in [0.3, 0.4) is 0 Å². The molecule has 3 heterocycles. The molecule has 0 radical (unpaired) electrons.